The van der Waals surface area contributed by atoms with Gasteiger partial charge in [0.1, 0.15) is 0 Å². The van der Waals surface area contributed by atoms with E-state index in [9.17, 15) is 0 Å². The quantitative estimate of drug-likeness (QED) is 0.848. The highest BCUT2D eigenvalue weighted by Crippen LogP contribution is 2.40. The van der Waals surface area contributed by atoms with E-state index in [0.29, 0.717) is 17.6 Å². The molecule has 1 aromatic rings. The number of aromatic nitrogens is 2. The number of rotatable bonds is 2. The molecular formula is C16H27N3O2. The molecule has 2 aliphatic rings. The number of nitrogens with zero attached hydrogens (tertiary/aromatic N) is 2. The molecule has 2 heterocycles. The van der Waals surface area contributed by atoms with Gasteiger partial charge in [-0.2, -0.15) is 4.98 Å². The second kappa shape index (κ2) is 5.69. The van der Waals surface area contributed by atoms with Crippen LogP contribution in [0.5, 0.6) is 0 Å². The van der Waals surface area contributed by atoms with Crippen molar-refractivity contribution in [2.75, 3.05) is 0 Å². The highest BCUT2D eigenvalue weighted by Gasteiger charge is 2.42. The molecule has 5 heteroatoms. The van der Waals surface area contributed by atoms with E-state index in [-0.39, 0.29) is 18.1 Å². The number of ether oxygens (including phenoxy) is 1. The average Bonchev–Trinajstić information content (AvgIpc) is 2.93. The lowest BCUT2D eigenvalue weighted by Gasteiger charge is -2.23. The first-order chi connectivity index (χ1) is 10.0. The Morgan fingerprint density at radius 2 is 1.71 bits per heavy atom. The third-order valence-electron chi connectivity index (χ3n) is 5.41. The molecule has 0 amide bonds. The van der Waals surface area contributed by atoms with E-state index in [4.69, 9.17) is 15.0 Å². The maximum atomic E-state index is 6.57. The molecule has 118 valence electrons. The van der Waals surface area contributed by atoms with Gasteiger partial charge in [-0.25, -0.2) is 0 Å². The van der Waals surface area contributed by atoms with Crippen molar-refractivity contribution in [2.45, 2.75) is 83.0 Å². The summed E-state index contributed by atoms with van der Waals surface area (Å²) < 4.78 is 11.5. The van der Waals surface area contributed by atoms with E-state index in [1.807, 2.05) is 0 Å². The van der Waals surface area contributed by atoms with E-state index >= 15 is 0 Å². The van der Waals surface area contributed by atoms with Crippen LogP contribution in [0.15, 0.2) is 4.52 Å². The van der Waals surface area contributed by atoms with E-state index in [0.717, 1.165) is 25.7 Å². The summed E-state index contributed by atoms with van der Waals surface area (Å²) in [5, 5.41) is 4.23. The molecule has 1 aliphatic heterocycles. The Morgan fingerprint density at radius 1 is 1.05 bits per heavy atom. The van der Waals surface area contributed by atoms with Gasteiger partial charge in [0.15, 0.2) is 5.82 Å². The van der Waals surface area contributed by atoms with Gasteiger partial charge in [0, 0.05) is 0 Å². The van der Waals surface area contributed by atoms with Crippen LogP contribution < -0.4 is 5.73 Å². The summed E-state index contributed by atoms with van der Waals surface area (Å²) >= 11 is 0. The minimum absolute atomic E-state index is 0.117. The van der Waals surface area contributed by atoms with Crippen LogP contribution in [-0.2, 0) is 10.3 Å². The normalized spacial score (nSPS) is 36.6. The zero-order valence-corrected chi connectivity index (χ0v) is 13.3. The maximum absolute atomic E-state index is 6.57. The second-order valence-electron chi connectivity index (χ2n) is 6.96. The van der Waals surface area contributed by atoms with Crippen LogP contribution in [0.1, 0.15) is 76.9 Å². The molecule has 1 saturated carbocycles. The summed E-state index contributed by atoms with van der Waals surface area (Å²) in [5.74, 6) is 1.95. The molecular weight excluding hydrogens is 266 g/mol. The van der Waals surface area contributed by atoms with Crippen LogP contribution >= 0.6 is 0 Å². The van der Waals surface area contributed by atoms with Crippen LogP contribution in [0.25, 0.3) is 0 Å². The lowest BCUT2D eigenvalue weighted by Crippen LogP contribution is -2.37. The summed E-state index contributed by atoms with van der Waals surface area (Å²) in [7, 11) is 0. The van der Waals surface area contributed by atoms with Gasteiger partial charge in [0.05, 0.1) is 23.7 Å². The summed E-state index contributed by atoms with van der Waals surface area (Å²) in [6.45, 7) is 6.37. The molecule has 0 radical (unpaired) electrons. The first-order valence-electron chi connectivity index (χ1n) is 8.30. The maximum Gasteiger partial charge on any atom is 0.232 e. The minimum atomic E-state index is -0.407. The van der Waals surface area contributed by atoms with E-state index < -0.39 is 5.54 Å². The molecule has 0 aromatic carbocycles. The van der Waals surface area contributed by atoms with Gasteiger partial charge in [-0.15, -0.1) is 0 Å². The molecule has 5 nitrogen and oxygen atoms in total. The Kier molecular flexibility index (Phi) is 4.06. The van der Waals surface area contributed by atoms with Gasteiger partial charge in [-0.3, -0.25) is 0 Å². The van der Waals surface area contributed by atoms with Crippen molar-refractivity contribution in [3.05, 3.63) is 11.7 Å². The SMILES string of the molecule is CC1OC(C)C(c2nc(C3(N)CCCCCC3)no2)C1C. The van der Waals surface area contributed by atoms with E-state index in [2.05, 4.69) is 30.9 Å². The van der Waals surface area contributed by atoms with Gasteiger partial charge in [0.2, 0.25) is 5.89 Å². The summed E-state index contributed by atoms with van der Waals surface area (Å²) in [5.41, 5.74) is 6.17. The molecule has 1 saturated heterocycles. The van der Waals surface area contributed by atoms with Crippen molar-refractivity contribution >= 4 is 0 Å². The lowest BCUT2D eigenvalue weighted by molar-refractivity contribution is 0.0542. The molecule has 4 unspecified atom stereocenters. The Hall–Kier alpha value is -0.940. The first kappa shape index (κ1) is 15.0. The molecule has 0 bridgehead atoms. The van der Waals surface area contributed by atoms with Crippen molar-refractivity contribution in [1.29, 1.82) is 0 Å². The lowest BCUT2D eigenvalue weighted by atomic mass is 9.88. The van der Waals surface area contributed by atoms with Crippen molar-refractivity contribution in [3.63, 3.8) is 0 Å². The summed E-state index contributed by atoms with van der Waals surface area (Å²) in [4.78, 5) is 4.68. The Balaban J connectivity index is 1.83. The Bertz CT molecular complexity index is 480. The monoisotopic (exact) mass is 293 g/mol. The van der Waals surface area contributed by atoms with Crippen molar-refractivity contribution in [3.8, 4) is 0 Å². The molecule has 4 atom stereocenters. The summed E-state index contributed by atoms with van der Waals surface area (Å²) in [6.07, 6.45) is 7.06. The van der Waals surface area contributed by atoms with Gasteiger partial charge in [-0.1, -0.05) is 37.8 Å². The predicted octanol–water partition coefficient (Wildman–Crippen LogP) is 3.10. The first-order valence-corrected chi connectivity index (χ1v) is 8.30. The molecule has 3 rings (SSSR count). The zero-order valence-electron chi connectivity index (χ0n) is 13.3. The van der Waals surface area contributed by atoms with Crippen LogP contribution in [0, 0.1) is 5.92 Å². The van der Waals surface area contributed by atoms with Crippen LogP contribution in [-0.4, -0.2) is 22.3 Å². The van der Waals surface area contributed by atoms with Crippen molar-refractivity contribution < 1.29 is 9.26 Å². The molecule has 0 spiro atoms. The smallest absolute Gasteiger partial charge is 0.232 e. The van der Waals surface area contributed by atoms with E-state index in [1.165, 1.54) is 12.8 Å². The molecule has 21 heavy (non-hydrogen) atoms. The fourth-order valence-corrected chi connectivity index (χ4v) is 3.85. The highest BCUT2D eigenvalue weighted by atomic mass is 16.5. The molecule has 2 N–H and O–H groups in total. The van der Waals surface area contributed by atoms with Crippen LogP contribution in [0.4, 0.5) is 0 Å². The third kappa shape index (κ3) is 2.73. The van der Waals surface area contributed by atoms with E-state index in [1.54, 1.807) is 0 Å². The van der Waals surface area contributed by atoms with Gasteiger partial charge < -0.3 is 15.0 Å². The second-order valence-corrected chi connectivity index (χ2v) is 6.96. The number of nitrogens with two attached hydrogens (primary N) is 1. The molecule has 2 fully saturated rings. The molecule has 1 aliphatic carbocycles. The standard InChI is InChI=1S/C16H27N3O2/c1-10-11(2)20-12(3)13(10)14-18-15(19-21-14)16(17)8-6-4-5-7-9-16/h10-13H,4-9,17H2,1-3H3. The average molecular weight is 293 g/mol. The fourth-order valence-electron chi connectivity index (χ4n) is 3.85. The number of hydrogen-bond acceptors (Lipinski definition) is 5. The zero-order chi connectivity index (χ0) is 15.0. The highest BCUT2D eigenvalue weighted by molar-refractivity contribution is 5.09. The predicted molar refractivity (Wildman–Crippen MR) is 79.8 cm³/mol. The van der Waals surface area contributed by atoms with Crippen molar-refractivity contribution in [1.82, 2.24) is 10.1 Å². The fraction of sp³-hybridized carbons (Fsp3) is 0.875. The topological polar surface area (TPSA) is 74.2 Å². The third-order valence-corrected chi connectivity index (χ3v) is 5.41. The van der Waals surface area contributed by atoms with Crippen molar-refractivity contribution in [2.24, 2.45) is 11.7 Å². The minimum Gasteiger partial charge on any atom is -0.374 e. The van der Waals surface area contributed by atoms with Crippen LogP contribution in [0.3, 0.4) is 0 Å². The van der Waals surface area contributed by atoms with Gasteiger partial charge in [-0.05, 0) is 32.6 Å². The summed E-state index contributed by atoms with van der Waals surface area (Å²) in [6, 6.07) is 0. The Morgan fingerprint density at radius 3 is 2.29 bits per heavy atom. The van der Waals surface area contributed by atoms with Gasteiger partial charge in [0.25, 0.3) is 0 Å². The van der Waals surface area contributed by atoms with Gasteiger partial charge >= 0.3 is 0 Å². The van der Waals surface area contributed by atoms with Crippen LogP contribution in [0.2, 0.25) is 0 Å². The number of hydrogen-bond donors (Lipinski definition) is 1. The Labute approximate surface area is 126 Å². The molecule has 1 aromatic heterocycles. The largest absolute Gasteiger partial charge is 0.374 e.